The Morgan fingerprint density at radius 3 is 2.82 bits per heavy atom. The van der Waals surface area contributed by atoms with Crippen LogP contribution in [0, 0.1) is 0 Å². The highest BCUT2D eigenvalue weighted by Gasteiger charge is 2.45. The van der Waals surface area contributed by atoms with E-state index in [1.54, 1.807) is 0 Å². The number of nitrogens with one attached hydrogen (secondary N) is 1. The van der Waals surface area contributed by atoms with E-state index in [0.29, 0.717) is 18.5 Å². The van der Waals surface area contributed by atoms with Crippen LogP contribution >= 0.6 is 0 Å². The first-order valence-corrected chi connectivity index (χ1v) is 8.67. The molecule has 0 radical (unpaired) electrons. The normalized spacial score (nSPS) is 24.0. The van der Waals surface area contributed by atoms with E-state index in [1.807, 2.05) is 0 Å². The third-order valence-corrected chi connectivity index (χ3v) is 4.17. The van der Waals surface area contributed by atoms with E-state index in [9.17, 15) is 24.6 Å². The zero-order chi connectivity index (χ0) is 20.8. The molecule has 11 nitrogen and oxygen atoms in total. The molecular weight excluding hydrogens is 372 g/mol. The van der Waals surface area contributed by atoms with Crippen molar-refractivity contribution < 1.29 is 29.3 Å². The molecule has 1 fully saturated rings. The molecule has 28 heavy (non-hydrogen) atoms. The van der Waals surface area contributed by atoms with Gasteiger partial charge in [0.1, 0.15) is 18.0 Å². The Morgan fingerprint density at radius 1 is 1.46 bits per heavy atom. The lowest BCUT2D eigenvalue weighted by Gasteiger charge is -2.18. The predicted octanol–water partition coefficient (Wildman–Crippen LogP) is -1.45. The largest absolute Gasteiger partial charge is 0.466 e. The van der Waals surface area contributed by atoms with E-state index < -0.39 is 36.2 Å². The number of esters is 1. The molecule has 0 spiro atoms. The maximum atomic E-state index is 12.1. The third-order valence-electron chi connectivity index (χ3n) is 4.17. The Kier molecular flexibility index (Phi) is 7.26. The van der Waals surface area contributed by atoms with Crippen molar-refractivity contribution in [3.8, 4) is 0 Å². The van der Waals surface area contributed by atoms with Crippen molar-refractivity contribution in [2.24, 2.45) is 0 Å². The fourth-order valence-electron chi connectivity index (χ4n) is 2.71. The molecule has 11 heteroatoms. The molecule has 1 amide bonds. The molecular formula is C17H24N4O7. The monoisotopic (exact) mass is 396 g/mol. The Hall–Kier alpha value is -2.76. The van der Waals surface area contributed by atoms with Crippen molar-refractivity contribution in [1.82, 2.24) is 14.9 Å². The molecule has 0 saturated carbocycles. The minimum Gasteiger partial charge on any atom is -0.466 e. The number of ether oxygens (including phenoxy) is 2. The van der Waals surface area contributed by atoms with Crippen molar-refractivity contribution in [2.45, 2.75) is 44.3 Å². The van der Waals surface area contributed by atoms with E-state index in [0.717, 1.165) is 4.57 Å². The standard InChI is InChI=1S/C17H24N4O7/c1-3-10-8-21(17(26)20-15(10)18)16-14(25)13(24)11(28-16)7-12(23)27-6-4-5-19-9(2)22/h3,8,11,13-14,16,24-25H,1,4-7H2,2H3,(H,19,22)(H2,18,20,26)/t11-,13-,14-,16-/m1/s1. The zero-order valence-corrected chi connectivity index (χ0v) is 15.4. The topological polar surface area (TPSA) is 166 Å². The molecule has 1 aromatic heterocycles. The summed E-state index contributed by atoms with van der Waals surface area (Å²) in [4.78, 5) is 38.3. The highest BCUT2D eigenvalue weighted by Crippen LogP contribution is 2.30. The van der Waals surface area contributed by atoms with Gasteiger partial charge in [-0.05, 0) is 6.42 Å². The van der Waals surface area contributed by atoms with E-state index in [2.05, 4.69) is 16.9 Å². The fraction of sp³-hybridized carbons (Fsp3) is 0.529. The molecule has 1 aliphatic rings. The Bertz CT molecular complexity index is 794. The van der Waals surface area contributed by atoms with Crippen LogP contribution in [-0.4, -0.2) is 63.1 Å². The Labute approximate surface area is 160 Å². The van der Waals surface area contributed by atoms with Gasteiger partial charge in [-0.2, -0.15) is 4.98 Å². The van der Waals surface area contributed by atoms with Crippen LogP contribution in [0.4, 0.5) is 5.82 Å². The van der Waals surface area contributed by atoms with Gasteiger partial charge in [0.05, 0.1) is 19.1 Å². The van der Waals surface area contributed by atoms with Crippen LogP contribution < -0.4 is 16.7 Å². The second-order valence-corrected chi connectivity index (χ2v) is 6.28. The highest BCUT2D eigenvalue weighted by molar-refractivity contribution is 5.72. The number of aliphatic hydroxyl groups is 2. The van der Waals surface area contributed by atoms with Crippen LogP contribution in [0.1, 0.15) is 31.6 Å². The van der Waals surface area contributed by atoms with Crippen LogP contribution in [0.25, 0.3) is 6.08 Å². The summed E-state index contributed by atoms with van der Waals surface area (Å²) in [5, 5.41) is 23.0. The average Bonchev–Trinajstić information content (AvgIpc) is 2.89. The first-order chi connectivity index (χ1) is 13.2. The van der Waals surface area contributed by atoms with Gasteiger partial charge in [-0.1, -0.05) is 12.7 Å². The van der Waals surface area contributed by atoms with Crippen molar-refractivity contribution in [3.05, 3.63) is 28.8 Å². The van der Waals surface area contributed by atoms with Gasteiger partial charge in [0, 0.05) is 25.2 Å². The van der Waals surface area contributed by atoms with Gasteiger partial charge in [-0.3, -0.25) is 14.2 Å². The second kappa shape index (κ2) is 9.44. The summed E-state index contributed by atoms with van der Waals surface area (Å²) in [6.45, 7) is 5.38. The molecule has 0 aliphatic carbocycles. The number of hydrogen-bond acceptors (Lipinski definition) is 9. The molecule has 0 aromatic carbocycles. The summed E-state index contributed by atoms with van der Waals surface area (Å²) in [6.07, 6.45) is -2.38. The number of rotatable bonds is 8. The Balaban J connectivity index is 1.97. The van der Waals surface area contributed by atoms with Gasteiger partial charge in [0.15, 0.2) is 6.23 Å². The minimum absolute atomic E-state index is 0.0244. The summed E-state index contributed by atoms with van der Waals surface area (Å²) < 4.78 is 11.5. The van der Waals surface area contributed by atoms with Gasteiger partial charge in [0.25, 0.3) is 0 Å². The fourth-order valence-corrected chi connectivity index (χ4v) is 2.71. The smallest absolute Gasteiger partial charge is 0.351 e. The first kappa shape index (κ1) is 21.5. The summed E-state index contributed by atoms with van der Waals surface area (Å²) in [6, 6.07) is 0. The van der Waals surface area contributed by atoms with Gasteiger partial charge in [0.2, 0.25) is 5.91 Å². The summed E-state index contributed by atoms with van der Waals surface area (Å²) >= 11 is 0. The molecule has 5 N–H and O–H groups in total. The summed E-state index contributed by atoms with van der Waals surface area (Å²) in [5.74, 6) is -0.848. The van der Waals surface area contributed by atoms with E-state index in [-0.39, 0.29) is 24.8 Å². The number of nitrogens with two attached hydrogens (primary N) is 1. The van der Waals surface area contributed by atoms with E-state index in [1.165, 1.54) is 19.2 Å². The number of carbonyl (C=O) groups excluding carboxylic acids is 2. The number of anilines is 1. The van der Waals surface area contributed by atoms with E-state index in [4.69, 9.17) is 15.2 Å². The van der Waals surface area contributed by atoms with Crippen LogP contribution in [0.2, 0.25) is 0 Å². The molecule has 4 atom stereocenters. The number of hydrogen-bond donors (Lipinski definition) is 4. The van der Waals surface area contributed by atoms with E-state index >= 15 is 0 Å². The van der Waals surface area contributed by atoms with Crippen molar-refractivity contribution in [3.63, 3.8) is 0 Å². The number of amides is 1. The molecule has 0 bridgehead atoms. The van der Waals surface area contributed by atoms with Crippen LogP contribution in [0.3, 0.4) is 0 Å². The predicted molar refractivity (Wildman–Crippen MR) is 97.8 cm³/mol. The number of aromatic nitrogens is 2. The quantitative estimate of drug-likeness (QED) is 0.303. The molecule has 2 rings (SSSR count). The lowest BCUT2D eigenvalue weighted by atomic mass is 10.1. The van der Waals surface area contributed by atoms with Crippen LogP contribution in [0.5, 0.6) is 0 Å². The molecule has 1 aliphatic heterocycles. The first-order valence-electron chi connectivity index (χ1n) is 8.67. The number of aliphatic hydroxyl groups excluding tert-OH is 2. The SMILES string of the molecule is C=Cc1cn([C@@H]2O[C@H](CC(=O)OCCCNC(C)=O)[C@@H](O)[C@H]2O)c(=O)nc1N. The lowest BCUT2D eigenvalue weighted by Crippen LogP contribution is -2.36. The van der Waals surface area contributed by atoms with Gasteiger partial charge in [-0.15, -0.1) is 0 Å². The maximum Gasteiger partial charge on any atom is 0.351 e. The van der Waals surface area contributed by atoms with Crippen molar-refractivity contribution >= 4 is 23.8 Å². The number of carbonyl (C=O) groups is 2. The molecule has 1 aromatic rings. The van der Waals surface area contributed by atoms with Crippen LogP contribution in [0.15, 0.2) is 17.6 Å². The van der Waals surface area contributed by atoms with Crippen molar-refractivity contribution in [1.29, 1.82) is 0 Å². The molecule has 1 saturated heterocycles. The molecule has 154 valence electrons. The zero-order valence-electron chi connectivity index (χ0n) is 15.4. The van der Waals surface area contributed by atoms with Crippen molar-refractivity contribution in [2.75, 3.05) is 18.9 Å². The van der Waals surface area contributed by atoms with Crippen LogP contribution in [-0.2, 0) is 19.1 Å². The second-order valence-electron chi connectivity index (χ2n) is 6.28. The molecule has 2 heterocycles. The Morgan fingerprint density at radius 2 is 2.18 bits per heavy atom. The summed E-state index contributed by atoms with van der Waals surface area (Å²) in [7, 11) is 0. The number of nitrogens with zero attached hydrogens (tertiary/aromatic N) is 2. The van der Waals surface area contributed by atoms with Gasteiger partial charge >= 0.3 is 11.7 Å². The summed E-state index contributed by atoms with van der Waals surface area (Å²) in [5.41, 5.74) is 5.18. The average molecular weight is 396 g/mol. The molecule has 0 unspecified atom stereocenters. The van der Waals surface area contributed by atoms with Gasteiger partial charge in [-0.25, -0.2) is 4.79 Å². The maximum absolute atomic E-state index is 12.1. The minimum atomic E-state index is -1.46. The lowest BCUT2D eigenvalue weighted by molar-refractivity contribution is -0.148. The third kappa shape index (κ3) is 5.15. The van der Waals surface area contributed by atoms with Gasteiger partial charge < -0.3 is 30.7 Å². The highest BCUT2D eigenvalue weighted by atomic mass is 16.6. The number of nitrogen functional groups attached to an aromatic ring is 1.